The van der Waals surface area contributed by atoms with Gasteiger partial charge in [0.05, 0.1) is 17.7 Å². The third-order valence-electron chi connectivity index (χ3n) is 3.37. The smallest absolute Gasteiger partial charge is 0.155 e. The van der Waals surface area contributed by atoms with Gasteiger partial charge in [-0.25, -0.2) is 0 Å². The zero-order valence-corrected chi connectivity index (χ0v) is 10.0. The Kier molecular flexibility index (Phi) is 3.43. The van der Waals surface area contributed by atoms with E-state index in [-0.39, 0.29) is 6.04 Å². The predicted molar refractivity (Wildman–Crippen MR) is 66.8 cm³/mol. The number of carbonyl (C=O) groups excluding carboxylic acids is 1. The summed E-state index contributed by atoms with van der Waals surface area (Å²) in [5.41, 5.74) is 1.59. The van der Waals surface area contributed by atoms with Crippen LogP contribution in [0.1, 0.15) is 31.2 Å². The summed E-state index contributed by atoms with van der Waals surface area (Å²) < 4.78 is 0. The van der Waals surface area contributed by atoms with Crippen LogP contribution in [0.25, 0.3) is 0 Å². The van der Waals surface area contributed by atoms with Gasteiger partial charge in [-0.2, -0.15) is 5.26 Å². The molecule has 0 heterocycles. The fourth-order valence-corrected chi connectivity index (χ4v) is 2.35. The van der Waals surface area contributed by atoms with Crippen molar-refractivity contribution in [1.29, 1.82) is 5.26 Å². The summed E-state index contributed by atoms with van der Waals surface area (Å²) in [6, 6.07) is 9.53. The molecule has 0 amide bonds. The van der Waals surface area contributed by atoms with Crippen LogP contribution in [-0.2, 0) is 4.79 Å². The van der Waals surface area contributed by atoms with E-state index in [0.29, 0.717) is 17.8 Å². The van der Waals surface area contributed by atoms with E-state index in [1.165, 1.54) is 0 Å². The fraction of sp³-hybridized carbons (Fsp3) is 0.429. The molecule has 0 aromatic heterocycles. The lowest BCUT2D eigenvalue weighted by molar-refractivity contribution is -0.121. The number of anilines is 1. The number of ketones is 1. The number of likely N-dealkylation sites (N-methyl/N-ethyl adjacent to an activating group) is 1. The minimum atomic E-state index is -0.0160. The van der Waals surface area contributed by atoms with Gasteiger partial charge in [-0.05, 0) is 31.0 Å². The van der Waals surface area contributed by atoms with Crippen molar-refractivity contribution in [3.63, 3.8) is 0 Å². The lowest BCUT2D eigenvalue weighted by atomic mass is 9.93. The molecule has 3 nitrogen and oxygen atoms in total. The van der Waals surface area contributed by atoms with E-state index in [2.05, 4.69) is 6.07 Å². The van der Waals surface area contributed by atoms with Crippen molar-refractivity contribution < 1.29 is 4.79 Å². The second-order valence-corrected chi connectivity index (χ2v) is 4.50. The Labute approximate surface area is 102 Å². The highest BCUT2D eigenvalue weighted by Gasteiger charge is 2.26. The van der Waals surface area contributed by atoms with Crippen LogP contribution < -0.4 is 4.90 Å². The normalized spacial score (nSPS) is 19.8. The first-order valence-electron chi connectivity index (χ1n) is 5.98. The molecule has 1 unspecified atom stereocenters. The molecule has 1 aliphatic rings. The van der Waals surface area contributed by atoms with Crippen molar-refractivity contribution in [2.75, 3.05) is 11.9 Å². The monoisotopic (exact) mass is 228 g/mol. The van der Waals surface area contributed by atoms with Gasteiger partial charge in [0, 0.05) is 19.2 Å². The summed E-state index contributed by atoms with van der Waals surface area (Å²) in [6.07, 6.45) is 3.74. The molecule has 1 aromatic carbocycles. The summed E-state index contributed by atoms with van der Waals surface area (Å²) in [6.45, 7) is 0. The van der Waals surface area contributed by atoms with E-state index >= 15 is 0 Å². The molecule has 0 radical (unpaired) electrons. The van der Waals surface area contributed by atoms with E-state index in [9.17, 15) is 4.79 Å². The number of nitriles is 1. The highest BCUT2D eigenvalue weighted by Crippen LogP contribution is 2.24. The molecular formula is C14H16N2O. The van der Waals surface area contributed by atoms with Gasteiger partial charge in [-0.1, -0.05) is 12.5 Å². The molecule has 2 rings (SSSR count). The Hall–Kier alpha value is -1.82. The maximum absolute atomic E-state index is 11.9. The highest BCUT2D eigenvalue weighted by molar-refractivity contribution is 5.87. The molecule has 1 atom stereocenters. The number of rotatable bonds is 2. The average molecular weight is 228 g/mol. The van der Waals surface area contributed by atoms with Crippen LogP contribution >= 0.6 is 0 Å². The number of carbonyl (C=O) groups is 1. The highest BCUT2D eigenvalue weighted by atomic mass is 16.1. The molecule has 0 aliphatic heterocycles. The molecule has 0 spiro atoms. The maximum atomic E-state index is 11.9. The van der Waals surface area contributed by atoms with Crippen LogP contribution in [0.3, 0.4) is 0 Å². The van der Waals surface area contributed by atoms with Crippen molar-refractivity contribution in [3.8, 4) is 6.07 Å². The number of hydrogen-bond donors (Lipinski definition) is 0. The van der Waals surface area contributed by atoms with Gasteiger partial charge < -0.3 is 4.90 Å². The third-order valence-corrected chi connectivity index (χ3v) is 3.37. The zero-order chi connectivity index (χ0) is 12.3. The first-order chi connectivity index (χ1) is 8.22. The molecule has 88 valence electrons. The summed E-state index contributed by atoms with van der Waals surface area (Å²) in [5.74, 6) is 0.320. The second kappa shape index (κ2) is 5.01. The van der Waals surface area contributed by atoms with E-state index in [1.807, 2.05) is 30.1 Å². The van der Waals surface area contributed by atoms with Crippen LogP contribution in [0.4, 0.5) is 5.69 Å². The van der Waals surface area contributed by atoms with Crippen LogP contribution in [0.5, 0.6) is 0 Å². The minimum Gasteiger partial charge on any atom is -0.365 e. The Morgan fingerprint density at radius 2 is 2.24 bits per heavy atom. The molecule has 3 heteroatoms. The number of nitrogens with zero attached hydrogens (tertiary/aromatic N) is 2. The number of Topliss-reactive ketones (excluding diaryl/α,β-unsaturated/α-hetero) is 1. The Bertz CT molecular complexity index is 462. The largest absolute Gasteiger partial charge is 0.365 e. The molecule has 1 aromatic rings. The molecule has 0 saturated heterocycles. The standard InChI is InChI=1S/C14H16N2O/c1-16(13-7-2-3-8-14(13)17)12-6-4-5-11(9-12)10-15/h4-6,9,13H,2-3,7-8H2,1H3. The van der Waals surface area contributed by atoms with Crippen LogP contribution in [0.2, 0.25) is 0 Å². The molecular weight excluding hydrogens is 212 g/mol. The predicted octanol–water partition coefficient (Wildman–Crippen LogP) is 2.51. The van der Waals surface area contributed by atoms with Crippen molar-refractivity contribution in [2.24, 2.45) is 0 Å². The number of benzene rings is 1. The van der Waals surface area contributed by atoms with Crippen LogP contribution in [-0.4, -0.2) is 18.9 Å². The zero-order valence-electron chi connectivity index (χ0n) is 10.0. The van der Waals surface area contributed by atoms with E-state index < -0.39 is 0 Å². The van der Waals surface area contributed by atoms with Gasteiger partial charge in [0.25, 0.3) is 0 Å². The van der Waals surface area contributed by atoms with Crippen molar-refractivity contribution in [1.82, 2.24) is 0 Å². The van der Waals surface area contributed by atoms with E-state index in [4.69, 9.17) is 5.26 Å². The lowest BCUT2D eigenvalue weighted by Crippen LogP contribution is -2.40. The van der Waals surface area contributed by atoms with Gasteiger partial charge in [0.2, 0.25) is 0 Å². The lowest BCUT2D eigenvalue weighted by Gasteiger charge is -2.31. The Morgan fingerprint density at radius 3 is 2.94 bits per heavy atom. The molecule has 1 aliphatic carbocycles. The second-order valence-electron chi connectivity index (χ2n) is 4.50. The van der Waals surface area contributed by atoms with Crippen molar-refractivity contribution >= 4 is 11.5 Å². The Balaban J connectivity index is 2.21. The summed E-state index contributed by atoms with van der Waals surface area (Å²) in [7, 11) is 1.93. The fourth-order valence-electron chi connectivity index (χ4n) is 2.35. The van der Waals surface area contributed by atoms with Gasteiger partial charge in [-0.3, -0.25) is 4.79 Å². The van der Waals surface area contributed by atoms with Gasteiger partial charge >= 0.3 is 0 Å². The summed E-state index contributed by atoms with van der Waals surface area (Å²) >= 11 is 0. The molecule has 0 N–H and O–H groups in total. The topological polar surface area (TPSA) is 44.1 Å². The van der Waals surface area contributed by atoms with Gasteiger partial charge in [-0.15, -0.1) is 0 Å². The first kappa shape index (κ1) is 11.7. The van der Waals surface area contributed by atoms with E-state index in [1.54, 1.807) is 6.07 Å². The van der Waals surface area contributed by atoms with E-state index in [0.717, 1.165) is 24.9 Å². The molecule has 1 fully saturated rings. The molecule has 1 saturated carbocycles. The maximum Gasteiger partial charge on any atom is 0.155 e. The molecule has 17 heavy (non-hydrogen) atoms. The van der Waals surface area contributed by atoms with Gasteiger partial charge in [0.15, 0.2) is 5.78 Å². The number of hydrogen-bond acceptors (Lipinski definition) is 3. The summed E-state index contributed by atoms with van der Waals surface area (Å²) in [4.78, 5) is 13.9. The van der Waals surface area contributed by atoms with Crippen molar-refractivity contribution in [2.45, 2.75) is 31.7 Å². The minimum absolute atomic E-state index is 0.0160. The van der Waals surface area contributed by atoms with Gasteiger partial charge in [0.1, 0.15) is 0 Å². The summed E-state index contributed by atoms with van der Waals surface area (Å²) in [5, 5.41) is 8.87. The van der Waals surface area contributed by atoms with Crippen molar-refractivity contribution in [3.05, 3.63) is 29.8 Å². The Morgan fingerprint density at radius 1 is 1.41 bits per heavy atom. The quantitative estimate of drug-likeness (QED) is 0.781. The van der Waals surface area contributed by atoms with Crippen LogP contribution in [0, 0.1) is 11.3 Å². The van der Waals surface area contributed by atoms with Crippen LogP contribution in [0.15, 0.2) is 24.3 Å². The average Bonchev–Trinajstić information content (AvgIpc) is 2.38. The first-order valence-corrected chi connectivity index (χ1v) is 5.98. The third kappa shape index (κ3) is 2.47. The molecule has 0 bridgehead atoms. The SMILES string of the molecule is CN(c1cccc(C#N)c1)C1CCCCC1=O.